The van der Waals surface area contributed by atoms with Gasteiger partial charge in [-0.25, -0.2) is 4.98 Å². The third kappa shape index (κ3) is 2.76. The van der Waals surface area contributed by atoms with Crippen LogP contribution >= 0.6 is 15.9 Å². The monoisotopic (exact) mass is 313 g/mol. The van der Waals surface area contributed by atoms with Crippen LogP contribution in [0.15, 0.2) is 60.8 Å². The number of hydrogen-bond donors (Lipinski definition) is 0. The maximum absolute atomic E-state index is 5.76. The lowest BCUT2D eigenvalue weighted by Gasteiger charge is -2.06. The summed E-state index contributed by atoms with van der Waals surface area (Å²) in [5.41, 5.74) is 1.13. The highest BCUT2D eigenvalue weighted by Gasteiger charge is 2.00. The average molecular weight is 314 g/mol. The van der Waals surface area contributed by atoms with Crippen LogP contribution in [-0.2, 0) is 5.33 Å². The molecule has 0 saturated heterocycles. The molecule has 0 radical (unpaired) electrons. The molecule has 0 aliphatic heterocycles. The largest absolute Gasteiger partial charge is 0.439 e. The zero-order valence-electron chi connectivity index (χ0n) is 10.2. The molecule has 3 aromatic rings. The molecule has 0 bridgehead atoms. The van der Waals surface area contributed by atoms with Crippen molar-refractivity contribution < 1.29 is 4.74 Å². The molecule has 1 heterocycles. The number of benzene rings is 2. The Labute approximate surface area is 120 Å². The predicted octanol–water partition coefficient (Wildman–Crippen LogP) is 4.92. The van der Waals surface area contributed by atoms with Crippen LogP contribution in [0.1, 0.15) is 5.56 Å². The van der Waals surface area contributed by atoms with Crippen LogP contribution in [0.25, 0.3) is 10.8 Å². The number of nitrogens with zero attached hydrogens (tertiary/aromatic N) is 1. The number of aromatic nitrogens is 1. The Kier molecular flexibility index (Phi) is 3.47. The van der Waals surface area contributed by atoms with E-state index in [1.807, 2.05) is 42.6 Å². The first kappa shape index (κ1) is 12.2. The van der Waals surface area contributed by atoms with E-state index in [1.165, 1.54) is 5.39 Å². The summed E-state index contributed by atoms with van der Waals surface area (Å²) >= 11 is 3.40. The summed E-state index contributed by atoms with van der Waals surface area (Å²) in [6, 6.07) is 18.1. The number of halogens is 1. The molecule has 0 amide bonds. The van der Waals surface area contributed by atoms with Crippen LogP contribution in [0.3, 0.4) is 0 Å². The number of hydrogen-bond acceptors (Lipinski definition) is 2. The normalized spacial score (nSPS) is 10.6. The molecule has 94 valence electrons. The molecule has 1 aromatic heterocycles. The number of alkyl halides is 1. The molecule has 19 heavy (non-hydrogen) atoms. The fourth-order valence-electron chi connectivity index (χ4n) is 1.90. The Morgan fingerprint density at radius 2 is 1.79 bits per heavy atom. The second kappa shape index (κ2) is 5.41. The van der Waals surface area contributed by atoms with Crippen LogP contribution in [-0.4, -0.2) is 4.98 Å². The first-order valence-electron chi connectivity index (χ1n) is 6.03. The van der Waals surface area contributed by atoms with Gasteiger partial charge in [0.2, 0.25) is 5.88 Å². The van der Waals surface area contributed by atoms with Gasteiger partial charge in [0.1, 0.15) is 5.75 Å². The van der Waals surface area contributed by atoms with E-state index in [2.05, 4.69) is 39.1 Å². The molecule has 2 aromatic carbocycles. The summed E-state index contributed by atoms with van der Waals surface area (Å²) in [5, 5.41) is 3.17. The van der Waals surface area contributed by atoms with Gasteiger partial charge in [-0.2, -0.15) is 0 Å². The highest BCUT2D eigenvalue weighted by atomic mass is 79.9. The van der Waals surface area contributed by atoms with Gasteiger partial charge in [0.05, 0.1) is 0 Å². The minimum absolute atomic E-state index is 0.611. The lowest BCUT2D eigenvalue weighted by atomic mass is 10.1. The molecule has 0 fully saturated rings. The molecular weight excluding hydrogens is 302 g/mol. The van der Waals surface area contributed by atoms with Gasteiger partial charge in [-0.05, 0) is 28.5 Å². The standard InChI is InChI=1S/C16H12BrNO/c17-10-12-5-8-16(18-11-12)19-15-7-6-13-3-1-2-4-14(13)9-15/h1-9,11H,10H2. The number of fused-ring (bicyclic) bond motifs is 1. The summed E-state index contributed by atoms with van der Waals surface area (Å²) < 4.78 is 5.76. The van der Waals surface area contributed by atoms with Crippen molar-refractivity contribution in [3.05, 3.63) is 66.4 Å². The van der Waals surface area contributed by atoms with E-state index in [4.69, 9.17) is 4.74 Å². The quantitative estimate of drug-likeness (QED) is 0.640. The van der Waals surface area contributed by atoms with Gasteiger partial charge < -0.3 is 4.74 Å². The summed E-state index contributed by atoms with van der Waals surface area (Å²) in [4.78, 5) is 4.27. The molecule has 0 atom stereocenters. The van der Waals surface area contributed by atoms with E-state index in [-0.39, 0.29) is 0 Å². The Balaban J connectivity index is 1.87. The van der Waals surface area contributed by atoms with Crippen molar-refractivity contribution in [3.63, 3.8) is 0 Å². The molecule has 0 aliphatic rings. The summed E-state index contributed by atoms with van der Waals surface area (Å²) in [5.74, 6) is 1.41. The van der Waals surface area contributed by atoms with E-state index >= 15 is 0 Å². The van der Waals surface area contributed by atoms with Crippen molar-refractivity contribution in [1.29, 1.82) is 0 Å². The topological polar surface area (TPSA) is 22.1 Å². The van der Waals surface area contributed by atoms with Gasteiger partial charge in [-0.1, -0.05) is 52.3 Å². The molecule has 2 nitrogen and oxygen atoms in total. The Bertz CT molecular complexity index is 694. The van der Waals surface area contributed by atoms with Crippen molar-refractivity contribution in [2.45, 2.75) is 5.33 Å². The molecule has 0 saturated carbocycles. The minimum Gasteiger partial charge on any atom is -0.439 e. The van der Waals surface area contributed by atoms with Crippen molar-refractivity contribution in [1.82, 2.24) is 4.98 Å². The molecular formula is C16H12BrNO. The maximum Gasteiger partial charge on any atom is 0.219 e. The van der Waals surface area contributed by atoms with Crippen LogP contribution < -0.4 is 4.74 Å². The molecule has 0 unspecified atom stereocenters. The lowest BCUT2D eigenvalue weighted by molar-refractivity contribution is 0.463. The second-order valence-electron chi connectivity index (χ2n) is 4.25. The smallest absolute Gasteiger partial charge is 0.219 e. The van der Waals surface area contributed by atoms with Gasteiger partial charge in [0.15, 0.2) is 0 Å². The van der Waals surface area contributed by atoms with E-state index < -0.39 is 0 Å². The van der Waals surface area contributed by atoms with Crippen LogP contribution in [0, 0.1) is 0 Å². The minimum atomic E-state index is 0.611. The first-order valence-corrected chi connectivity index (χ1v) is 7.15. The average Bonchev–Trinajstić information content (AvgIpc) is 2.48. The predicted molar refractivity (Wildman–Crippen MR) is 80.9 cm³/mol. The highest BCUT2D eigenvalue weighted by Crippen LogP contribution is 2.24. The zero-order chi connectivity index (χ0) is 13.1. The van der Waals surface area contributed by atoms with Crippen molar-refractivity contribution in [2.24, 2.45) is 0 Å². The van der Waals surface area contributed by atoms with Gasteiger partial charge in [0, 0.05) is 17.6 Å². The SMILES string of the molecule is BrCc1ccc(Oc2ccc3ccccc3c2)nc1. The Morgan fingerprint density at radius 3 is 2.53 bits per heavy atom. The Morgan fingerprint density at radius 1 is 0.947 bits per heavy atom. The molecule has 3 heteroatoms. The van der Waals surface area contributed by atoms with Gasteiger partial charge in [0.25, 0.3) is 0 Å². The molecule has 0 N–H and O–H groups in total. The number of ether oxygens (including phenoxy) is 1. The fourth-order valence-corrected chi connectivity index (χ4v) is 2.23. The number of pyridine rings is 1. The summed E-state index contributed by atoms with van der Waals surface area (Å²) in [6.45, 7) is 0. The van der Waals surface area contributed by atoms with E-state index in [1.54, 1.807) is 0 Å². The van der Waals surface area contributed by atoms with E-state index in [0.29, 0.717) is 5.88 Å². The van der Waals surface area contributed by atoms with Gasteiger partial charge in [-0.15, -0.1) is 0 Å². The Hall–Kier alpha value is -1.87. The molecule has 0 spiro atoms. The van der Waals surface area contributed by atoms with Crippen molar-refractivity contribution in [2.75, 3.05) is 0 Å². The van der Waals surface area contributed by atoms with E-state index in [9.17, 15) is 0 Å². The van der Waals surface area contributed by atoms with Crippen LogP contribution in [0.5, 0.6) is 11.6 Å². The van der Waals surface area contributed by atoms with Gasteiger partial charge in [-0.3, -0.25) is 0 Å². The van der Waals surface area contributed by atoms with Crippen molar-refractivity contribution >= 4 is 26.7 Å². The van der Waals surface area contributed by atoms with Crippen molar-refractivity contribution in [3.8, 4) is 11.6 Å². The van der Waals surface area contributed by atoms with Gasteiger partial charge >= 0.3 is 0 Å². The third-order valence-electron chi connectivity index (χ3n) is 2.90. The number of rotatable bonds is 3. The molecule has 0 aliphatic carbocycles. The van der Waals surface area contributed by atoms with Crippen LogP contribution in [0.2, 0.25) is 0 Å². The summed E-state index contributed by atoms with van der Waals surface area (Å²) in [6.07, 6.45) is 1.81. The second-order valence-corrected chi connectivity index (χ2v) is 4.81. The van der Waals surface area contributed by atoms with E-state index in [0.717, 1.165) is 22.0 Å². The zero-order valence-corrected chi connectivity index (χ0v) is 11.8. The maximum atomic E-state index is 5.76. The fraction of sp³-hybridized carbons (Fsp3) is 0.0625. The first-order chi connectivity index (χ1) is 9.35. The van der Waals surface area contributed by atoms with Crippen LogP contribution in [0.4, 0.5) is 0 Å². The highest BCUT2D eigenvalue weighted by molar-refractivity contribution is 9.08. The summed E-state index contributed by atoms with van der Waals surface area (Å²) in [7, 11) is 0. The molecule has 3 rings (SSSR count). The lowest BCUT2D eigenvalue weighted by Crippen LogP contribution is -1.88. The third-order valence-corrected chi connectivity index (χ3v) is 3.54.